The number of hydrogen-bond donors (Lipinski definition) is 1. The minimum atomic E-state index is -0.0279. The highest BCUT2D eigenvalue weighted by Crippen LogP contribution is 2.21. The minimum absolute atomic E-state index is 0.0279. The highest BCUT2D eigenvalue weighted by atomic mass is 16.5. The summed E-state index contributed by atoms with van der Waals surface area (Å²) in [6.07, 6.45) is -0.0279. The lowest BCUT2D eigenvalue weighted by Crippen LogP contribution is -2.44. The summed E-state index contributed by atoms with van der Waals surface area (Å²) in [5.74, 6) is 0. The fourth-order valence-electron chi connectivity index (χ4n) is 2.15. The Morgan fingerprint density at radius 2 is 2.19 bits per heavy atom. The molecule has 0 radical (unpaired) electrons. The lowest BCUT2D eigenvalue weighted by Gasteiger charge is -2.36. The lowest BCUT2D eigenvalue weighted by molar-refractivity contribution is -0.0633. The summed E-state index contributed by atoms with van der Waals surface area (Å²) in [7, 11) is 0. The first-order valence-electron chi connectivity index (χ1n) is 5.82. The summed E-state index contributed by atoms with van der Waals surface area (Å²) >= 11 is 0. The highest BCUT2D eigenvalue weighted by molar-refractivity contribution is 5.18. The largest absolute Gasteiger partial charge is 0.394 e. The van der Waals surface area contributed by atoms with Crippen LogP contribution in [0.5, 0.6) is 0 Å². The van der Waals surface area contributed by atoms with Gasteiger partial charge in [0.25, 0.3) is 0 Å². The molecule has 1 aliphatic rings. The van der Waals surface area contributed by atoms with Gasteiger partial charge >= 0.3 is 0 Å². The molecule has 3 heteroatoms. The maximum atomic E-state index is 9.11. The van der Waals surface area contributed by atoms with Crippen molar-refractivity contribution in [3.8, 4) is 0 Å². The van der Waals surface area contributed by atoms with Crippen LogP contribution in [0.2, 0.25) is 0 Å². The zero-order chi connectivity index (χ0) is 11.4. The van der Waals surface area contributed by atoms with Gasteiger partial charge in [-0.15, -0.1) is 0 Å². The van der Waals surface area contributed by atoms with Gasteiger partial charge in [0.05, 0.1) is 19.3 Å². The van der Waals surface area contributed by atoms with Crippen molar-refractivity contribution < 1.29 is 9.84 Å². The number of aliphatic hydroxyl groups is 1. The molecule has 3 nitrogen and oxygen atoms in total. The van der Waals surface area contributed by atoms with Gasteiger partial charge in [-0.1, -0.05) is 30.3 Å². The number of ether oxygens (including phenoxy) is 1. The highest BCUT2D eigenvalue weighted by Gasteiger charge is 2.24. The number of morpholine rings is 1. The Bertz CT molecular complexity index is 315. The summed E-state index contributed by atoms with van der Waals surface area (Å²) in [4.78, 5) is 2.36. The molecular weight excluding hydrogens is 202 g/mol. The Morgan fingerprint density at radius 3 is 2.88 bits per heavy atom. The second kappa shape index (κ2) is 5.43. The second-order valence-electron chi connectivity index (χ2n) is 4.26. The molecule has 88 valence electrons. The predicted molar refractivity (Wildman–Crippen MR) is 63.3 cm³/mol. The van der Waals surface area contributed by atoms with Gasteiger partial charge < -0.3 is 9.84 Å². The first-order chi connectivity index (χ1) is 7.81. The number of nitrogens with zero attached hydrogens (tertiary/aromatic N) is 1. The minimum Gasteiger partial charge on any atom is -0.394 e. The van der Waals surface area contributed by atoms with Crippen molar-refractivity contribution in [2.24, 2.45) is 0 Å². The number of aliphatic hydroxyl groups excluding tert-OH is 1. The predicted octanol–water partition coefficient (Wildman–Crippen LogP) is 1.44. The molecule has 1 aromatic rings. The van der Waals surface area contributed by atoms with Crippen molar-refractivity contribution in [3.05, 3.63) is 35.9 Å². The zero-order valence-electron chi connectivity index (χ0n) is 9.67. The van der Waals surface area contributed by atoms with Crippen LogP contribution in [-0.2, 0) is 4.74 Å². The molecule has 1 aromatic carbocycles. The Hall–Kier alpha value is -0.900. The molecule has 0 amide bonds. The smallest absolute Gasteiger partial charge is 0.0933 e. The van der Waals surface area contributed by atoms with Gasteiger partial charge in [-0.05, 0) is 12.5 Å². The Morgan fingerprint density at radius 1 is 1.44 bits per heavy atom. The molecule has 0 spiro atoms. The van der Waals surface area contributed by atoms with Crippen LogP contribution in [0.1, 0.15) is 18.5 Å². The molecule has 1 saturated heterocycles. The van der Waals surface area contributed by atoms with Crippen molar-refractivity contribution in [2.75, 3.05) is 26.3 Å². The van der Waals surface area contributed by atoms with E-state index in [2.05, 4.69) is 36.1 Å². The first-order valence-corrected chi connectivity index (χ1v) is 5.82. The summed E-state index contributed by atoms with van der Waals surface area (Å²) in [6.45, 7) is 4.77. The molecule has 1 aliphatic heterocycles. The Balaban J connectivity index is 2.01. The standard InChI is InChI=1S/C13H19NO2/c1-11(12-5-3-2-4-6-12)14-7-8-16-13(9-14)10-15/h2-6,11,13,15H,7-10H2,1H3. The van der Waals surface area contributed by atoms with E-state index >= 15 is 0 Å². The van der Waals surface area contributed by atoms with E-state index < -0.39 is 0 Å². The fraction of sp³-hybridized carbons (Fsp3) is 0.538. The second-order valence-corrected chi connectivity index (χ2v) is 4.26. The van der Waals surface area contributed by atoms with Crippen LogP contribution in [0.25, 0.3) is 0 Å². The average Bonchev–Trinajstić information content (AvgIpc) is 2.39. The van der Waals surface area contributed by atoms with E-state index in [1.807, 2.05) is 6.07 Å². The molecule has 0 bridgehead atoms. The fourth-order valence-corrected chi connectivity index (χ4v) is 2.15. The van der Waals surface area contributed by atoms with Crippen molar-refractivity contribution in [2.45, 2.75) is 19.1 Å². The summed E-state index contributed by atoms with van der Waals surface area (Å²) in [5.41, 5.74) is 1.32. The van der Waals surface area contributed by atoms with Gasteiger partial charge in [0.2, 0.25) is 0 Å². The summed E-state index contributed by atoms with van der Waals surface area (Å²) < 4.78 is 5.45. The van der Waals surface area contributed by atoms with Gasteiger partial charge in [0.15, 0.2) is 0 Å². The number of rotatable bonds is 3. The SMILES string of the molecule is CC(c1ccccc1)N1CCOC(CO)C1. The van der Waals surface area contributed by atoms with Crippen LogP contribution in [0.4, 0.5) is 0 Å². The van der Waals surface area contributed by atoms with E-state index in [1.165, 1.54) is 5.56 Å². The molecule has 2 unspecified atom stereocenters. The van der Waals surface area contributed by atoms with Crippen LogP contribution >= 0.6 is 0 Å². The lowest BCUT2D eigenvalue weighted by atomic mass is 10.1. The molecule has 0 aliphatic carbocycles. The Labute approximate surface area is 96.6 Å². The topological polar surface area (TPSA) is 32.7 Å². The molecule has 2 atom stereocenters. The van der Waals surface area contributed by atoms with Gasteiger partial charge in [-0.2, -0.15) is 0 Å². The zero-order valence-corrected chi connectivity index (χ0v) is 9.67. The van der Waals surface area contributed by atoms with E-state index in [0.29, 0.717) is 12.6 Å². The molecule has 0 saturated carbocycles. The molecular formula is C13H19NO2. The third-order valence-corrected chi connectivity index (χ3v) is 3.20. The molecule has 1 N–H and O–H groups in total. The van der Waals surface area contributed by atoms with Crippen LogP contribution < -0.4 is 0 Å². The molecule has 1 heterocycles. The van der Waals surface area contributed by atoms with Gasteiger partial charge in [-0.25, -0.2) is 0 Å². The first kappa shape index (κ1) is 11.6. The van der Waals surface area contributed by atoms with E-state index in [1.54, 1.807) is 0 Å². The summed E-state index contributed by atoms with van der Waals surface area (Å²) in [5, 5.41) is 9.11. The van der Waals surface area contributed by atoms with Crippen molar-refractivity contribution in [1.82, 2.24) is 4.90 Å². The summed E-state index contributed by atoms with van der Waals surface area (Å²) in [6, 6.07) is 10.8. The van der Waals surface area contributed by atoms with Crippen molar-refractivity contribution >= 4 is 0 Å². The van der Waals surface area contributed by atoms with Crippen LogP contribution in [0.15, 0.2) is 30.3 Å². The molecule has 0 aromatic heterocycles. The molecule has 16 heavy (non-hydrogen) atoms. The van der Waals surface area contributed by atoms with E-state index in [0.717, 1.165) is 13.1 Å². The third-order valence-electron chi connectivity index (χ3n) is 3.20. The van der Waals surface area contributed by atoms with E-state index in [-0.39, 0.29) is 12.7 Å². The van der Waals surface area contributed by atoms with E-state index in [9.17, 15) is 0 Å². The molecule has 1 fully saturated rings. The maximum absolute atomic E-state index is 9.11. The number of hydrogen-bond acceptors (Lipinski definition) is 3. The molecule has 2 rings (SSSR count). The van der Waals surface area contributed by atoms with Crippen LogP contribution in [0.3, 0.4) is 0 Å². The van der Waals surface area contributed by atoms with Gasteiger partial charge in [0.1, 0.15) is 0 Å². The van der Waals surface area contributed by atoms with E-state index in [4.69, 9.17) is 9.84 Å². The van der Waals surface area contributed by atoms with Crippen LogP contribution in [-0.4, -0.2) is 42.4 Å². The van der Waals surface area contributed by atoms with Crippen LogP contribution in [0, 0.1) is 0 Å². The van der Waals surface area contributed by atoms with Crippen molar-refractivity contribution in [1.29, 1.82) is 0 Å². The van der Waals surface area contributed by atoms with Gasteiger partial charge in [0, 0.05) is 19.1 Å². The third kappa shape index (κ3) is 2.61. The normalized spacial score (nSPS) is 24.2. The maximum Gasteiger partial charge on any atom is 0.0933 e. The monoisotopic (exact) mass is 221 g/mol. The quantitative estimate of drug-likeness (QED) is 0.838. The van der Waals surface area contributed by atoms with Gasteiger partial charge in [-0.3, -0.25) is 4.90 Å². The van der Waals surface area contributed by atoms with Crippen molar-refractivity contribution in [3.63, 3.8) is 0 Å². The Kier molecular flexibility index (Phi) is 3.93. The number of benzene rings is 1. The average molecular weight is 221 g/mol.